The van der Waals surface area contributed by atoms with Gasteiger partial charge in [-0.15, -0.1) is 0 Å². The van der Waals surface area contributed by atoms with Crippen LogP contribution in [-0.4, -0.2) is 18.1 Å². The Kier molecular flexibility index (Phi) is 2.33. The molecular formula is C14H14N2. The molecule has 2 heterocycles. The molecular weight excluding hydrogens is 196 g/mol. The summed E-state index contributed by atoms with van der Waals surface area (Å²) in [6.07, 6.45) is 3.15. The predicted octanol–water partition coefficient (Wildman–Crippen LogP) is 2.96. The molecule has 0 N–H and O–H groups in total. The van der Waals surface area contributed by atoms with E-state index in [1.165, 1.54) is 30.8 Å². The lowest BCUT2D eigenvalue weighted by Crippen LogP contribution is -2.36. The molecule has 1 aromatic heterocycles. The average Bonchev–Trinajstić information content (AvgIpc) is 2.28. The van der Waals surface area contributed by atoms with Crippen LogP contribution in [0.15, 0.2) is 48.7 Å². The molecule has 16 heavy (non-hydrogen) atoms. The molecule has 0 spiro atoms. The molecule has 0 unspecified atom stereocenters. The van der Waals surface area contributed by atoms with E-state index in [2.05, 4.69) is 40.2 Å². The molecule has 0 saturated carbocycles. The lowest BCUT2D eigenvalue weighted by Gasteiger charge is -2.33. The van der Waals surface area contributed by atoms with Gasteiger partial charge in [-0.2, -0.15) is 0 Å². The highest BCUT2D eigenvalue weighted by Crippen LogP contribution is 2.25. The third-order valence-electron chi connectivity index (χ3n) is 3.03. The zero-order chi connectivity index (χ0) is 10.8. The van der Waals surface area contributed by atoms with Gasteiger partial charge < -0.3 is 4.90 Å². The molecule has 80 valence electrons. The molecule has 2 nitrogen and oxygen atoms in total. The van der Waals surface area contributed by atoms with Crippen molar-refractivity contribution in [3.8, 4) is 11.3 Å². The highest BCUT2D eigenvalue weighted by molar-refractivity contribution is 5.65. The molecule has 2 heteroatoms. The standard InChI is InChI=1S/C14H14N2/c1-2-8-15-14(7-1)12-5-3-6-13(11-12)16-9-4-10-16/h1-3,5-8,11H,4,9-10H2. The van der Waals surface area contributed by atoms with Crippen molar-refractivity contribution in [2.75, 3.05) is 18.0 Å². The quantitative estimate of drug-likeness (QED) is 0.757. The summed E-state index contributed by atoms with van der Waals surface area (Å²) in [5, 5.41) is 0. The molecule has 0 bridgehead atoms. The fraction of sp³-hybridized carbons (Fsp3) is 0.214. The van der Waals surface area contributed by atoms with Gasteiger partial charge in [0.1, 0.15) is 0 Å². The second kappa shape index (κ2) is 3.97. The van der Waals surface area contributed by atoms with Gasteiger partial charge >= 0.3 is 0 Å². The minimum Gasteiger partial charge on any atom is -0.371 e. The molecule has 0 atom stereocenters. The fourth-order valence-electron chi connectivity index (χ4n) is 1.97. The van der Waals surface area contributed by atoms with Crippen LogP contribution in [0.2, 0.25) is 0 Å². The first-order chi connectivity index (χ1) is 7.93. The van der Waals surface area contributed by atoms with Crippen molar-refractivity contribution in [1.29, 1.82) is 0 Å². The maximum atomic E-state index is 4.37. The van der Waals surface area contributed by atoms with Crippen molar-refractivity contribution >= 4 is 5.69 Å². The van der Waals surface area contributed by atoms with Crippen molar-refractivity contribution < 1.29 is 0 Å². The Morgan fingerprint density at radius 3 is 2.62 bits per heavy atom. The van der Waals surface area contributed by atoms with Crippen LogP contribution < -0.4 is 4.90 Å². The molecule has 0 amide bonds. The van der Waals surface area contributed by atoms with Crippen LogP contribution >= 0.6 is 0 Å². The number of rotatable bonds is 2. The highest BCUT2D eigenvalue weighted by Gasteiger charge is 2.14. The maximum Gasteiger partial charge on any atom is 0.0702 e. The van der Waals surface area contributed by atoms with E-state index in [0.717, 1.165) is 5.69 Å². The Bertz CT molecular complexity index is 475. The first-order valence-electron chi connectivity index (χ1n) is 5.70. The normalized spacial score (nSPS) is 14.6. The zero-order valence-corrected chi connectivity index (χ0v) is 9.13. The molecule has 0 aliphatic carbocycles. The minimum absolute atomic E-state index is 1.05. The number of aromatic nitrogens is 1. The van der Waals surface area contributed by atoms with Gasteiger partial charge in [0.05, 0.1) is 5.69 Å². The van der Waals surface area contributed by atoms with E-state index < -0.39 is 0 Å². The van der Waals surface area contributed by atoms with Crippen LogP contribution in [0.25, 0.3) is 11.3 Å². The topological polar surface area (TPSA) is 16.1 Å². The van der Waals surface area contributed by atoms with Gasteiger partial charge in [0.15, 0.2) is 0 Å². The molecule has 0 radical (unpaired) electrons. The van der Waals surface area contributed by atoms with E-state index in [4.69, 9.17) is 0 Å². The molecule has 1 aromatic carbocycles. The first-order valence-corrected chi connectivity index (χ1v) is 5.70. The summed E-state index contributed by atoms with van der Waals surface area (Å²) in [7, 11) is 0. The highest BCUT2D eigenvalue weighted by atomic mass is 15.2. The molecule has 2 aromatic rings. The monoisotopic (exact) mass is 210 g/mol. The summed E-state index contributed by atoms with van der Waals surface area (Å²) in [4.78, 5) is 6.77. The van der Waals surface area contributed by atoms with Crippen molar-refractivity contribution in [3.05, 3.63) is 48.7 Å². The van der Waals surface area contributed by atoms with Crippen molar-refractivity contribution in [3.63, 3.8) is 0 Å². The van der Waals surface area contributed by atoms with Crippen LogP contribution in [0.1, 0.15) is 6.42 Å². The third-order valence-corrected chi connectivity index (χ3v) is 3.03. The van der Waals surface area contributed by atoms with E-state index in [-0.39, 0.29) is 0 Å². The van der Waals surface area contributed by atoms with Crippen molar-refractivity contribution in [1.82, 2.24) is 4.98 Å². The van der Waals surface area contributed by atoms with Gasteiger partial charge in [0, 0.05) is 30.5 Å². The summed E-state index contributed by atoms with van der Waals surface area (Å²) in [5.41, 5.74) is 3.56. The third kappa shape index (κ3) is 1.67. The van der Waals surface area contributed by atoms with Crippen LogP contribution in [-0.2, 0) is 0 Å². The number of benzene rings is 1. The lowest BCUT2D eigenvalue weighted by atomic mass is 10.1. The number of hydrogen-bond donors (Lipinski definition) is 0. The Morgan fingerprint density at radius 2 is 1.94 bits per heavy atom. The minimum atomic E-state index is 1.05. The Labute approximate surface area is 95.6 Å². The van der Waals surface area contributed by atoms with Gasteiger partial charge in [-0.05, 0) is 30.7 Å². The van der Waals surface area contributed by atoms with Gasteiger partial charge in [-0.1, -0.05) is 18.2 Å². The van der Waals surface area contributed by atoms with Crippen LogP contribution in [0.3, 0.4) is 0 Å². The Hall–Kier alpha value is -1.83. The van der Waals surface area contributed by atoms with Crippen molar-refractivity contribution in [2.24, 2.45) is 0 Å². The van der Waals surface area contributed by atoms with E-state index >= 15 is 0 Å². The summed E-state index contributed by atoms with van der Waals surface area (Å²) >= 11 is 0. The smallest absolute Gasteiger partial charge is 0.0702 e. The average molecular weight is 210 g/mol. The van der Waals surface area contributed by atoms with Crippen LogP contribution in [0, 0.1) is 0 Å². The first kappa shape index (κ1) is 9.40. The molecule has 1 aliphatic rings. The number of nitrogens with zero attached hydrogens (tertiary/aromatic N) is 2. The van der Waals surface area contributed by atoms with Gasteiger partial charge in [-0.3, -0.25) is 4.98 Å². The van der Waals surface area contributed by atoms with Crippen LogP contribution in [0.4, 0.5) is 5.69 Å². The summed E-state index contributed by atoms with van der Waals surface area (Å²) < 4.78 is 0. The van der Waals surface area contributed by atoms with Gasteiger partial charge in [-0.25, -0.2) is 0 Å². The summed E-state index contributed by atoms with van der Waals surface area (Å²) in [6.45, 7) is 2.37. The zero-order valence-electron chi connectivity index (χ0n) is 9.13. The summed E-state index contributed by atoms with van der Waals surface area (Å²) in [6, 6.07) is 14.6. The van der Waals surface area contributed by atoms with E-state index in [9.17, 15) is 0 Å². The van der Waals surface area contributed by atoms with E-state index in [0.29, 0.717) is 0 Å². The van der Waals surface area contributed by atoms with Crippen LogP contribution in [0.5, 0.6) is 0 Å². The molecule has 1 aliphatic heterocycles. The largest absolute Gasteiger partial charge is 0.371 e. The van der Waals surface area contributed by atoms with Crippen molar-refractivity contribution in [2.45, 2.75) is 6.42 Å². The molecule has 3 rings (SSSR count). The molecule has 1 saturated heterocycles. The number of pyridine rings is 1. The number of hydrogen-bond acceptors (Lipinski definition) is 2. The predicted molar refractivity (Wildman–Crippen MR) is 66.5 cm³/mol. The fourth-order valence-corrected chi connectivity index (χ4v) is 1.97. The lowest BCUT2D eigenvalue weighted by molar-refractivity contribution is 0.618. The second-order valence-corrected chi connectivity index (χ2v) is 4.11. The van der Waals surface area contributed by atoms with Gasteiger partial charge in [0.2, 0.25) is 0 Å². The molecule has 1 fully saturated rings. The van der Waals surface area contributed by atoms with Gasteiger partial charge in [0.25, 0.3) is 0 Å². The Morgan fingerprint density at radius 1 is 1.00 bits per heavy atom. The SMILES string of the molecule is c1ccc(-c2cccc(N3CCC3)c2)nc1. The van der Waals surface area contributed by atoms with E-state index in [1.54, 1.807) is 0 Å². The summed E-state index contributed by atoms with van der Waals surface area (Å²) in [5.74, 6) is 0. The number of anilines is 1. The maximum absolute atomic E-state index is 4.37. The van der Waals surface area contributed by atoms with E-state index in [1.807, 2.05) is 18.3 Å². The second-order valence-electron chi connectivity index (χ2n) is 4.11. The Balaban J connectivity index is 1.96.